The zero-order chi connectivity index (χ0) is 13.9. The molecule has 0 saturated heterocycles. The first kappa shape index (κ1) is 13.9. The standard InChI is InChI=1S/C16H19ClN2S/c17-13-9-16(20-11-13)15(10-18)19-8-4-3-6-12-5-1-2-7-14(12)19/h1-2,5,7,9,11,15H,3-4,6,8,10,18H2. The number of aryl methyl sites for hydroxylation is 1. The van der Waals surface area contributed by atoms with Crippen LogP contribution in [-0.2, 0) is 6.42 Å². The van der Waals surface area contributed by atoms with E-state index in [0.717, 1.165) is 18.0 Å². The Kier molecular flexibility index (Phi) is 4.29. The van der Waals surface area contributed by atoms with Gasteiger partial charge in [-0.3, -0.25) is 0 Å². The van der Waals surface area contributed by atoms with Crippen LogP contribution in [0.3, 0.4) is 0 Å². The zero-order valence-electron chi connectivity index (χ0n) is 11.4. The SMILES string of the molecule is NCC(c1cc(Cl)cs1)N1CCCCc2ccccc21. The second-order valence-electron chi connectivity index (χ2n) is 5.20. The van der Waals surface area contributed by atoms with E-state index in [-0.39, 0.29) is 6.04 Å². The fourth-order valence-electron chi connectivity index (χ4n) is 2.94. The van der Waals surface area contributed by atoms with Gasteiger partial charge in [0.2, 0.25) is 0 Å². The molecular formula is C16H19ClN2S. The van der Waals surface area contributed by atoms with Crippen LogP contribution in [0, 0.1) is 0 Å². The lowest BCUT2D eigenvalue weighted by Crippen LogP contribution is -2.34. The minimum Gasteiger partial charge on any atom is -0.362 e. The van der Waals surface area contributed by atoms with Crippen LogP contribution in [0.15, 0.2) is 35.7 Å². The van der Waals surface area contributed by atoms with E-state index in [1.807, 2.05) is 5.38 Å². The van der Waals surface area contributed by atoms with E-state index in [1.165, 1.54) is 29.0 Å². The second-order valence-corrected chi connectivity index (χ2v) is 6.58. The van der Waals surface area contributed by atoms with Gasteiger partial charge in [0.05, 0.1) is 11.1 Å². The van der Waals surface area contributed by atoms with Gasteiger partial charge in [-0.1, -0.05) is 29.8 Å². The van der Waals surface area contributed by atoms with Gasteiger partial charge in [-0.25, -0.2) is 0 Å². The molecule has 0 bridgehead atoms. The number of hydrogen-bond acceptors (Lipinski definition) is 3. The summed E-state index contributed by atoms with van der Waals surface area (Å²) in [6.45, 7) is 1.68. The van der Waals surface area contributed by atoms with Crippen molar-refractivity contribution < 1.29 is 0 Å². The Labute approximate surface area is 129 Å². The quantitative estimate of drug-likeness (QED) is 0.919. The predicted molar refractivity (Wildman–Crippen MR) is 87.9 cm³/mol. The molecular weight excluding hydrogens is 288 g/mol. The summed E-state index contributed by atoms with van der Waals surface area (Å²) in [4.78, 5) is 3.72. The Hall–Kier alpha value is -1.03. The summed E-state index contributed by atoms with van der Waals surface area (Å²) in [5, 5.41) is 2.80. The van der Waals surface area contributed by atoms with Crippen molar-refractivity contribution in [3.63, 3.8) is 0 Å². The van der Waals surface area contributed by atoms with Gasteiger partial charge in [-0.2, -0.15) is 0 Å². The van der Waals surface area contributed by atoms with Gasteiger partial charge in [0, 0.05) is 29.0 Å². The molecule has 0 fully saturated rings. The molecule has 106 valence electrons. The van der Waals surface area contributed by atoms with Crippen molar-refractivity contribution in [1.82, 2.24) is 0 Å². The molecule has 1 aromatic carbocycles. The molecule has 0 radical (unpaired) electrons. The number of halogens is 1. The summed E-state index contributed by atoms with van der Waals surface area (Å²) in [7, 11) is 0. The summed E-state index contributed by atoms with van der Waals surface area (Å²) in [5.41, 5.74) is 8.85. The fourth-order valence-corrected chi connectivity index (χ4v) is 4.15. The maximum atomic E-state index is 6.08. The lowest BCUT2D eigenvalue weighted by atomic mass is 10.1. The van der Waals surface area contributed by atoms with Crippen LogP contribution in [0.5, 0.6) is 0 Å². The average Bonchev–Trinajstić information content (AvgIpc) is 2.78. The van der Waals surface area contributed by atoms with Crippen molar-refractivity contribution in [2.24, 2.45) is 5.73 Å². The third kappa shape index (κ3) is 2.71. The molecule has 0 spiro atoms. The van der Waals surface area contributed by atoms with Crippen LogP contribution < -0.4 is 10.6 Å². The summed E-state index contributed by atoms with van der Waals surface area (Å²) in [6, 6.07) is 11.0. The minimum atomic E-state index is 0.228. The molecule has 4 heteroatoms. The molecule has 1 atom stereocenters. The number of hydrogen-bond donors (Lipinski definition) is 1. The number of nitrogens with zero attached hydrogens (tertiary/aromatic N) is 1. The zero-order valence-corrected chi connectivity index (χ0v) is 13.0. The Balaban J connectivity index is 1.99. The van der Waals surface area contributed by atoms with Crippen LogP contribution in [0.2, 0.25) is 5.02 Å². The highest BCUT2D eigenvalue weighted by atomic mass is 35.5. The monoisotopic (exact) mass is 306 g/mol. The van der Waals surface area contributed by atoms with Crippen LogP contribution in [0.4, 0.5) is 5.69 Å². The Morgan fingerprint density at radius 3 is 2.90 bits per heavy atom. The Morgan fingerprint density at radius 1 is 1.30 bits per heavy atom. The molecule has 1 aliphatic heterocycles. The van der Waals surface area contributed by atoms with Crippen molar-refractivity contribution in [2.45, 2.75) is 25.3 Å². The van der Waals surface area contributed by atoms with Crippen molar-refractivity contribution in [3.8, 4) is 0 Å². The highest BCUT2D eigenvalue weighted by molar-refractivity contribution is 7.10. The molecule has 1 unspecified atom stereocenters. The van der Waals surface area contributed by atoms with Crippen LogP contribution in [0.1, 0.15) is 29.3 Å². The van der Waals surface area contributed by atoms with E-state index in [9.17, 15) is 0 Å². The van der Waals surface area contributed by atoms with E-state index in [1.54, 1.807) is 11.3 Å². The maximum absolute atomic E-state index is 6.08. The van der Waals surface area contributed by atoms with E-state index in [2.05, 4.69) is 35.2 Å². The lowest BCUT2D eigenvalue weighted by molar-refractivity contribution is 0.618. The second kappa shape index (κ2) is 6.17. The largest absolute Gasteiger partial charge is 0.362 e. The number of thiophene rings is 1. The molecule has 2 N–H and O–H groups in total. The minimum absolute atomic E-state index is 0.228. The first-order valence-electron chi connectivity index (χ1n) is 7.08. The lowest BCUT2D eigenvalue weighted by Gasteiger charge is -2.32. The topological polar surface area (TPSA) is 29.3 Å². The van der Waals surface area contributed by atoms with Gasteiger partial charge >= 0.3 is 0 Å². The smallest absolute Gasteiger partial charge is 0.0757 e. The maximum Gasteiger partial charge on any atom is 0.0757 e. The number of anilines is 1. The molecule has 0 aliphatic carbocycles. The fraction of sp³-hybridized carbons (Fsp3) is 0.375. The van der Waals surface area contributed by atoms with Gasteiger partial charge < -0.3 is 10.6 Å². The number of rotatable bonds is 3. The Morgan fingerprint density at radius 2 is 2.15 bits per heavy atom. The van der Waals surface area contributed by atoms with Crippen molar-refractivity contribution in [3.05, 3.63) is 51.2 Å². The number of fused-ring (bicyclic) bond motifs is 1. The molecule has 20 heavy (non-hydrogen) atoms. The normalized spacial score (nSPS) is 16.6. The van der Waals surface area contributed by atoms with Crippen molar-refractivity contribution in [2.75, 3.05) is 18.0 Å². The van der Waals surface area contributed by atoms with Crippen LogP contribution >= 0.6 is 22.9 Å². The molecule has 1 aliphatic rings. The van der Waals surface area contributed by atoms with Crippen LogP contribution in [-0.4, -0.2) is 13.1 Å². The number of para-hydroxylation sites is 1. The average molecular weight is 307 g/mol. The molecule has 1 aromatic heterocycles. The highest BCUT2D eigenvalue weighted by Gasteiger charge is 2.24. The molecule has 2 aromatic rings. The first-order valence-corrected chi connectivity index (χ1v) is 8.34. The molecule has 2 heterocycles. The Bertz CT molecular complexity index is 581. The molecule has 0 amide bonds. The molecule has 2 nitrogen and oxygen atoms in total. The van der Waals surface area contributed by atoms with E-state index < -0.39 is 0 Å². The summed E-state index contributed by atoms with van der Waals surface area (Å²) in [6.07, 6.45) is 3.62. The van der Waals surface area contributed by atoms with Gasteiger partial charge in [0.15, 0.2) is 0 Å². The van der Waals surface area contributed by atoms with Gasteiger partial charge in [0.1, 0.15) is 0 Å². The predicted octanol–water partition coefficient (Wildman–Crippen LogP) is 4.24. The van der Waals surface area contributed by atoms with E-state index >= 15 is 0 Å². The van der Waals surface area contributed by atoms with E-state index in [0.29, 0.717) is 6.54 Å². The van der Waals surface area contributed by atoms with Gasteiger partial charge in [0.25, 0.3) is 0 Å². The number of nitrogens with two attached hydrogens (primary N) is 1. The third-order valence-electron chi connectivity index (χ3n) is 3.91. The number of benzene rings is 1. The van der Waals surface area contributed by atoms with Gasteiger partial charge in [-0.05, 0) is 37.0 Å². The van der Waals surface area contributed by atoms with Gasteiger partial charge in [-0.15, -0.1) is 11.3 Å². The van der Waals surface area contributed by atoms with Crippen molar-refractivity contribution >= 4 is 28.6 Å². The third-order valence-corrected chi connectivity index (χ3v) is 5.29. The summed E-state index contributed by atoms with van der Waals surface area (Å²) >= 11 is 7.79. The summed E-state index contributed by atoms with van der Waals surface area (Å²) < 4.78 is 0. The first-order chi connectivity index (χ1) is 9.79. The highest BCUT2D eigenvalue weighted by Crippen LogP contribution is 2.35. The van der Waals surface area contributed by atoms with Crippen molar-refractivity contribution in [1.29, 1.82) is 0 Å². The van der Waals surface area contributed by atoms with E-state index in [4.69, 9.17) is 17.3 Å². The molecule has 3 rings (SSSR count). The summed E-state index contributed by atoms with van der Waals surface area (Å²) in [5.74, 6) is 0. The van der Waals surface area contributed by atoms with Crippen LogP contribution in [0.25, 0.3) is 0 Å². The molecule has 0 saturated carbocycles.